The summed E-state index contributed by atoms with van der Waals surface area (Å²) >= 11 is 0. The standard InChI is InChI=1S/C20H17NO2/c1-23-17-11-12-19(20(22)14-17)18-8-3-2-6-15(18)9-10-16-7-4-5-13-21-16/h2-14,22H,1H3/b10-9+. The number of hydrogen-bond acceptors (Lipinski definition) is 3. The summed E-state index contributed by atoms with van der Waals surface area (Å²) < 4.78 is 5.14. The molecule has 0 atom stereocenters. The van der Waals surface area contributed by atoms with Gasteiger partial charge in [0.15, 0.2) is 0 Å². The van der Waals surface area contributed by atoms with Gasteiger partial charge < -0.3 is 9.84 Å². The normalized spacial score (nSPS) is 10.8. The second kappa shape index (κ2) is 6.79. The molecule has 3 aromatic rings. The maximum atomic E-state index is 10.3. The number of aromatic nitrogens is 1. The molecule has 0 aliphatic carbocycles. The monoisotopic (exact) mass is 303 g/mol. The Morgan fingerprint density at radius 1 is 0.913 bits per heavy atom. The van der Waals surface area contributed by atoms with Crippen LogP contribution in [-0.4, -0.2) is 17.2 Å². The third kappa shape index (κ3) is 3.40. The van der Waals surface area contributed by atoms with Gasteiger partial charge in [-0.25, -0.2) is 0 Å². The van der Waals surface area contributed by atoms with Gasteiger partial charge in [0, 0.05) is 17.8 Å². The Morgan fingerprint density at radius 3 is 2.48 bits per heavy atom. The zero-order valence-corrected chi connectivity index (χ0v) is 12.8. The number of nitrogens with zero attached hydrogens (tertiary/aromatic N) is 1. The average molecular weight is 303 g/mol. The summed E-state index contributed by atoms with van der Waals surface area (Å²) in [7, 11) is 1.58. The van der Waals surface area contributed by atoms with Crippen molar-refractivity contribution in [3.63, 3.8) is 0 Å². The molecule has 0 aliphatic heterocycles. The summed E-state index contributed by atoms with van der Waals surface area (Å²) in [5, 5.41) is 10.3. The molecule has 0 radical (unpaired) electrons. The van der Waals surface area contributed by atoms with E-state index in [1.54, 1.807) is 19.4 Å². The highest BCUT2D eigenvalue weighted by Gasteiger charge is 2.08. The topological polar surface area (TPSA) is 42.4 Å². The maximum Gasteiger partial charge on any atom is 0.127 e. The summed E-state index contributed by atoms with van der Waals surface area (Å²) in [5.41, 5.74) is 3.63. The lowest BCUT2D eigenvalue weighted by molar-refractivity contribution is 0.408. The first-order chi connectivity index (χ1) is 11.3. The fraction of sp³-hybridized carbons (Fsp3) is 0.0500. The third-order valence-corrected chi connectivity index (χ3v) is 3.58. The Bertz CT molecular complexity index is 826. The van der Waals surface area contributed by atoms with E-state index in [-0.39, 0.29) is 5.75 Å². The van der Waals surface area contributed by atoms with Gasteiger partial charge in [-0.05, 0) is 41.5 Å². The first kappa shape index (κ1) is 14.9. The molecular weight excluding hydrogens is 286 g/mol. The molecule has 0 fully saturated rings. The van der Waals surface area contributed by atoms with E-state index in [1.807, 2.05) is 66.7 Å². The van der Waals surface area contributed by atoms with Crippen LogP contribution < -0.4 is 4.74 Å². The van der Waals surface area contributed by atoms with Gasteiger partial charge in [-0.3, -0.25) is 4.98 Å². The first-order valence-electron chi connectivity index (χ1n) is 7.33. The van der Waals surface area contributed by atoms with Gasteiger partial charge >= 0.3 is 0 Å². The van der Waals surface area contributed by atoms with Gasteiger partial charge in [0.2, 0.25) is 0 Å². The highest BCUT2D eigenvalue weighted by molar-refractivity contribution is 5.83. The Kier molecular flexibility index (Phi) is 4.39. The molecule has 114 valence electrons. The Balaban J connectivity index is 2.00. The number of pyridine rings is 1. The summed E-state index contributed by atoms with van der Waals surface area (Å²) in [5.74, 6) is 0.829. The Hall–Kier alpha value is -3.07. The zero-order valence-electron chi connectivity index (χ0n) is 12.8. The smallest absolute Gasteiger partial charge is 0.127 e. The van der Waals surface area contributed by atoms with Crippen LogP contribution in [0.5, 0.6) is 11.5 Å². The number of rotatable bonds is 4. The van der Waals surface area contributed by atoms with Crippen LogP contribution in [-0.2, 0) is 0 Å². The predicted octanol–water partition coefficient (Wildman–Crippen LogP) is 4.63. The van der Waals surface area contributed by atoms with E-state index in [0.717, 1.165) is 22.4 Å². The Labute approximate surface area is 135 Å². The van der Waals surface area contributed by atoms with Crippen molar-refractivity contribution in [3.8, 4) is 22.6 Å². The minimum atomic E-state index is 0.197. The maximum absolute atomic E-state index is 10.3. The molecular formula is C20H17NO2. The number of hydrogen-bond donors (Lipinski definition) is 1. The van der Waals surface area contributed by atoms with Gasteiger partial charge in [-0.2, -0.15) is 0 Å². The molecule has 23 heavy (non-hydrogen) atoms. The molecule has 0 bridgehead atoms. The molecule has 2 aromatic carbocycles. The van der Waals surface area contributed by atoms with Crippen molar-refractivity contribution in [2.75, 3.05) is 7.11 Å². The van der Waals surface area contributed by atoms with E-state index in [0.29, 0.717) is 5.75 Å². The van der Waals surface area contributed by atoms with Crippen molar-refractivity contribution in [2.24, 2.45) is 0 Å². The van der Waals surface area contributed by atoms with Crippen LogP contribution >= 0.6 is 0 Å². The lowest BCUT2D eigenvalue weighted by Crippen LogP contribution is -1.87. The average Bonchev–Trinajstić information content (AvgIpc) is 2.61. The predicted molar refractivity (Wildman–Crippen MR) is 93.3 cm³/mol. The molecule has 0 aliphatic rings. The van der Waals surface area contributed by atoms with Crippen LogP contribution in [0.15, 0.2) is 66.9 Å². The molecule has 0 saturated carbocycles. The fourth-order valence-corrected chi connectivity index (χ4v) is 2.40. The van der Waals surface area contributed by atoms with E-state index >= 15 is 0 Å². The summed E-state index contributed by atoms with van der Waals surface area (Å²) in [6.45, 7) is 0. The molecule has 3 rings (SSSR count). The minimum absolute atomic E-state index is 0.197. The largest absolute Gasteiger partial charge is 0.507 e. The number of phenols is 1. The van der Waals surface area contributed by atoms with Crippen LogP contribution in [0.2, 0.25) is 0 Å². The van der Waals surface area contributed by atoms with E-state index in [4.69, 9.17) is 4.74 Å². The van der Waals surface area contributed by atoms with Gasteiger partial charge in [0.1, 0.15) is 11.5 Å². The lowest BCUT2D eigenvalue weighted by Gasteiger charge is -2.10. The van der Waals surface area contributed by atoms with Crippen molar-refractivity contribution >= 4 is 12.2 Å². The fourth-order valence-electron chi connectivity index (χ4n) is 2.40. The molecule has 1 heterocycles. The second-order valence-electron chi connectivity index (χ2n) is 5.06. The summed E-state index contributed by atoms with van der Waals surface area (Å²) in [6, 6.07) is 19.0. The van der Waals surface area contributed by atoms with Crippen molar-refractivity contribution < 1.29 is 9.84 Å². The summed E-state index contributed by atoms with van der Waals surface area (Å²) in [6.07, 6.45) is 5.72. The number of benzene rings is 2. The third-order valence-electron chi connectivity index (χ3n) is 3.58. The minimum Gasteiger partial charge on any atom is -0.507 e. The van der Waals surface area contributed by atoms with E-state index in [9.17, 15) is 5.11 Å². The summed E-state index contributed by atoms with van der Waals surface area (Å²) in [4.78, 5) is 4.28. The molecule has 0 saturated heterocycles. The molecule has 0 amide bonds. The highest BCUT2D eigenvalue weighted by atomic mass is 16.5. The van der Waals surface area contributed by atoms with Crippen molar-refractivity contribution in [3.05, 3.63) is 78.1 Å². The van der Waals surface area contributed by atoms with Gasteiger partial charge in [-0.1, -0.05) is 36.4 Å². The van der Waals surface area contributed by atoms with Crippen LogP contribution in [0.25, 0.3) is 23.3 Å². The lowest BCUT2D eigenvalue weighted by atomic mass is 9.98. The Morgan fingerprint density at radius 2 is 1.74 bits per heavy atom. The molecule has 3 heteroatoms. The number of phenolic OH excluding ortho intramolecular Hbond substituents is 1. The van der Waals surface area contributed by atoms with Gasteiger partial charge in [0.05, 0.1) is 12.8 Å². The van der Waals surface area contributed by atoms with Crippen molar-refractivity contribution in [1.82, 2.24) is 4.98 Å². The second-order valence-corrected chi connectivity index (χ2v) is 5.06. The molecule has 3 nitrogen and oxygen atoms in total. The first-order valence-corrected chi connectivity index (χ1v) is 7.33. The SMILES string of the molecule is COc1ccc(-c2ccccc2/C=C/c2ccccn2)c(O)c1. The number of aromatic hydroxyl groups is 1. The molecule has 0 unspecified atom stereocenters. The molecule has 1 N–H and O–H groups in total. The van der Waals surface area contributed by atoms with E-state index in [1.165, 1.54) is 0 Å². The van der Waals surface area contributed by atoms with Crippen LogP contribution in [0, 0.1) is 0 Å². The number of methoxy groups -OCH3 is 1. The van der Waals surface area contributed by atoms with E-state index in [2.05, 4.69) is 4.98 Å². The quantitative estimate of drug-likeness (QED) is 0.764. The van der Waals surface area contributed by atoms with Crippen LogP contribution in [0.1, 0.15) is 11.3 Å². The molecule has 0 spiro atoms. The van der Waals surface area contributed by atoms with E-state index < -0.39 is 0 Å². The van der Waals surface area contributed by atoms with Crippen molar-refractivity contribution in [1.29, 1.82) is 0 Å². The van der Waals surface area contributed by atoms with Gasteiger partial charge in [0.25, 0.3) is 0 Å². The van der Waals surface area contributed by atoms with Crippen molar-refractivity contribution in [2.45, 2.75) is 0 Å². The number of ether oxygens (including phenoxy) is 1. The zero-order chi connectivity index (χ0) is 16.1. The van der Waals surface area contributed by atoms with Crippen LogP contribution in [0.4, 0.5) is 0 Å². The van der Waals surface area contributed by atoms with Crippen LogP contribution in [0.3, 0.4) is 0 Å². The highest BCUT2D eigenvalue weighted by Crippen LogP contribution is 2.34. The van der Waals surface area contributed by atoms with Gasteiger partial charge in [-0.15, -0.1) is 0 Å². The molecule has 1 aromatic heterocycles.